The molecule has 0 unspecified atom stereocenters. The maximum atomic E-state index is 13.2. The van der Waals surface area contributed by atoms with E-state index in [4.69, 9.17) is 14.3 Å². The van der Waals surface area contributed by atoms with Gasteiger partial charge in [-0.25, -0.2) is 4.39 Å². The van der Waals surface area contributed by atoms with Crippen molar-refractivity contribution in [3.63, 3.8) is 0 Å². The Bertz CT molecular complexity index is 857. The van der Waals surface area contributed by atoms with Crippen LogP contribution in [0.2, 0.25) is 0 Å². The smallest absolute Gasteiger partial charge is 0.145 e. The molecule has 0 fully saturated rings. The molecule has 2 aromatic carbocycles. The van der Waals surface area contributed by atoms with Gasteiger partial charge in [-0.15, -0.1) is 0 Å². The number of oxime groups is 1. The molecule has 7 heteroatoms. The van der Waals surface area contributed by atoms with E-state index in [1.54, 1.807) is 19.2 Å². The van der Waals surface area contributed by atoms with Crippen molar-refractivity contribution in [2.45, 2.75) is 45.1 Å². The van der Waals surface area contributed by atoms with Crippen LogP contribution in [0, 0.1) is 5.82 Å². The number of methoxy groups -OCH3 is 1. The zero-order chi connectivity index (χ0) is 22.2. The van der Waals surface area contributed by atoms with Crippen LogP contribution in [0.3, 0.4) is 0 Å². The Morgan fingerprint density at radius 2 is 2.00 bits per heavy atom. The molecule has 3 rings (SSSR count). The molecule has 1 heterocycles. The Morgan fingerprint density at radius 1 is 1.23 bits per heavy atom. The summed E-state index contributed by atoms with van der Waals surface area (Å²) in [6.45, 7) is 5.82. The minimum Gasteiger partial charge on any atom is -0.497 e. The van der Waals surface area contributed by atoms with E-state index in [1.165, 1.54) is 12.1 Å². The van der Waals surface area contributed by atoms with Gasteiger partial charge in [0.2, 0.25) is 0 Å². The highest BCUT2D eigenvalue weighted by atomic mass is 19.1. The van der Waals surface area contributed by atoms with Crippen LogP contribution in [0.1, 0.15) is 31.4 Å². The number of halogens is 1. The summed E-state index contributed by atoms with van der Waals surface area (Å²) in [7, 11) is 1.64. The quantitative estimate of drug-likeness (QED) is 0.590. The lowest BCUT2D eigenvalue weighted by molar-refractivity contribution is -0.0194. The molecule has 0 radical (unpaired) electrons. The summed E-state index contributed by atoms with van der Waals surface area (Å²) in [5, 5.41) is 14.7. The van der Waals surface area contributed by atoms with Gasteiger partial charge in [0.1, 0.15) is 17.7 Å². The number of nitrogens with zero attached hydrogens (tertiary/aromatic N) is 2. The second-order valence-corrected chi connectivity index (χ2v) is 8.06. The van der Waals surface area contributed by atoms with E-state index >= 15 is 0 Å². The molecule has 1 aliphatic rings. The molecule has 2 aromatic rings. The average molecular weight is 431 g/mol. The van der Waals surface area contributed by atoms with Gasteiger partial charge in [-0.3, -0.25) is 4.90 Å². The number of benzene rings is 2. The summed E-state index contributed by atoms with van der Waals surface area (Å²) in [5.74, 6) is 0.516. The van der Waals surface area contributed by atoms with Gasteiger partial charge in [-0.1, -0.05) is 29.4 Å². The SMILES string of the molecule is COc1cccc(CN(C[C@@H](O)COC(C)C)C[C@H]2CC(c3ccc(F)cc3)=NO2)c1. The largest absolute Gasteiger partial charge is 0.497 e. The summed E-state index contributed by atoms with van der Waals surface area (Å²) < 4.78 is 24.1. The maximum Gasteiger partial charge on any atom is 0.145 e. The Morgan fingerprint density at radius 3 is 2.71 bits per heavy atom. The average Bonchev–Trinajstić information content (AvgIpc) is 3.21. The van der Waals surface area contributed by atoms with Crippen LogP contribution in [-0.2, 0) is 16.1 Å². The Balaban J connectivity index is 1.63. The van der Waals surface area contributed by atoms with E-state index in [0.717, 1.165) is 22.6 Å². The van der Waals surface area contributed by atoms with Crippen molar-refractivity contribution >= 4 is 5.71 Å². The first-order valence-corrected chi connectivity index (χ1v) is 10.6. The lowest BCUT2D eigenvalue weighted by Gasteiger charge is -2.27. The maximum absolute atomic E-state index is 13.2. The summed E-state index contributed by atoms with van der Waals surface area (Å²) in [4.78, 5) is 7.79. The van der Waals surface area contributed by atoms with Crippen LogP contribution in [0.4, 0.5) is 4.39 Å². The van der Waals surface area contributed by atoms with Crippen molar-refractivity contribution in [1.29, 1.82) is 0 Å². The Kier molecular flexibility index (Phi) is 8.40. The van der Waals surface area contributed by atoms with Gasteiger partial charge < -0.3 is 19.4 Å². The van der Waals surface area contributed by atoms with Crippen molar-refractivity contribution in [3.05, 3.63) is 65.5 Å². The fourth-order valence-electron chi connectivity index (χ4n) is 3.51. The standard InChI is InChI=1S/C24H31FN2O4/c1-17(2)30-16-21(28)14-27(13-18-5-4-6-22(11-18)29-3)15-23-12-24(26-31-23)19-7-9-20(25)10-8-19/h4-11,17,21,23,28H,12-16H2,1-3H3/t21-,23-/m1/s1. The van der Waals surface area contributed by atoms with Gasteiger partial charge in [-0.2, -0.15) is 0 Å². The third-order valence-corrected chi connectivity index (χ3v) is 5.00. The van der Waals surface area contributed by atoms with Gasteiger partial charge in [0, 0.05) is 26.1 Å². The summed E-state index contributed by atoms with van der Waals surface area (Å²) >= 11 is 0. The summed E-state index contributed by atoms with van der Waals surface area (Å²) in [6.07, 6.45) is -0.0826. The third kappa shape index (κ3) is 7.31. The minimum absolute atomic E-state index is 0.0614. The van der Waals surface area contributed by atoms with Gasteiger partial charge >= 0.3 is 0 Å². The molecule has 6 nitrogen and oxygen atoms in total. The summed E-state index contributed by atoms with van der Waals surface area (Å²) in [5.41, 5.74) is 2.73. The second kappa shape index (κ2) is 11.2. The lowest BCUT2D eigenvalue weighted by Crippen LogP contribution is -2.39. The van der Waals surface area contributed by atoms with E-state index in [9.17, 15) is 9.50 Å². The van der Waals surface area contributed by atoms with Crippen molar-refractivity contribution in [2.24, 2.45) is 5.16 Å². The topological polar surface area (TPSA) is 63.5 Å². The number of aliphatic hydroxyl groups is 1. The first-order valence-electron chi connectivity index (χ1n) is 10.6. The van der Waals surface area contributed by atoms with Crippen LogP contribution in [0.25, 0.3) is 0 Å². The fraction of sp³-hybridized carbons (Fsp3) is 0.458. The van der Waals surface area contributed by atoms with E-state index < -0.39 is 6.10 Å². The van der Waals surface area contributed by atoms with Gasteiger partial charge in [0.15, 0.2) is 0 Å². The summed E-state index contributed by atoms with van der Waals surface area (Å²) in [6, 6.07) is 14.1. The number of rotatable bonds is 11. The Labute approximate surface area is 183 Å². The van der Waals surface area contributed by atoms with Crippen molar-refractivity contribution in [1.82, 2.24) is 4.90 Å². The molecule has 2 atom stereocenters. The molecule has 1 N–H and O–H groups in total. The molecule has 0 aliphatic carbocycles. The molecule has 0 amide bonds. The van der Waals surface area contributed by atoms with Crippen LogP contribution >= 0.6 is 0 Å². The first-order chi connectivity index (χ1) is 14.9. The van der Waals surface area contributed by atoms with E-state index in [1.807, 2.05) is 38.1 Å². The van der Waals surface area contributed by atoms with E-state index in [2.05, 4.69) is 10.1 Å². The van der Waals surface area contributed by atoms with Crippen LogP contribution in [0.5, 0.6) is 5.75 Å². The van der Waals surface area contributed by atoms with Crippen LogP contribution in [0.15, 0.2) is 53.7 Å². The number of hydrogen-bond donors (Lipinski definition) is 1. The van der Waals surface area contributed by atoms with Crippen LogP contribution in [-0.4, -0.2) is 60.8 Å². The second-order valence-electron chi connectivity index (χ2n) is 8.06. The molecule has 168 valence electrons. The van der Waals surface area contributed by atoms with E-state index in [0.29, 0.717) is 26.1 Å². The molecule has 0 bridgehead atoms. The monoisotopic (exact) mass is 430 g/mol. The predicted octanol–water partition coefficient (Wildman–Crippen LogP) is 3.62. The zero-order valence-electron chi connectivity index (χ0n) is 18.3. The normalized spacial score (nSPS) is 17.0. The third-order valence-electron chi connectivity index (χ3n) is 5.00. The highest BCUT2D eigenvalue weighted by molar-refractivity contribution is 6.01. The van der Waals surface area contributed by atoms with Crippen molar-refractivity contribution in [3.8, 4) is 5.75 Å². The van der Waals surface area contributed by atoms with Gasteiger partial charge in [0.25, 0.3) is 0 Å². The van der Waals surface area contributed by atoms with Gasteiger partial charge in [0.05, 0.1) is 31.6 Å². The highest BCUT2D eigenvalue weighted by Crippen LogP contribution is 2.20. The number of hydrogen-bond acceptors (Lipinski definition) is 6. The van der Waals surface area contributed by atoms with Crippen molar-refractivity contribution in [2.75, 3.05) is 26.8 Å². The number of aliphatic hydroxyl groups excluding tert-OH is 1. The lowest BCUT2D eigenvalue weighted by atomic mass is 10.0. The molecule has 31 heavy (non-hydrogen) atoms. The molecule has 0 saturated heterocycles. The highest BCUT2D eigenvalue weighted by Gasteiger charge is 2.26. The van der Waals surface area contributed by atoms with E-state index in [-0.39, 0.29) is 24.6 Å². The molecule has 0 spiro atoms. The molecule has 0 aromatic heterocycles. The first kappa shape index (κ1) is 23.2. The fourth-order valence-corrected chi connectivity index (χ4v) is 3.51. The van der Waals surface area contributed by atoms with Crippen LogP contribution < -0.4 is 4.74 Å². The molecular formula is C24H31FN2O4. The molecule has 1 aliphatic heterocycles. The van der Waals surface area contributed by atoms with Gasteiger partial charge in [-0.05, 0) is 49.2 Å². The predicted molar refractivity (Wildman–Crippen MR) is 118 cm³/mol. The minimum atomic E-state index is -0.619. The molecule has 0 saturated carbocycles. The number of ether oxygens (including phenoxy) is 2. The Hall–Kier alpha value is -2.48. The zero-order valence-corrected chi connectivity index (χ0v) is 18.3. The van der Waals surface area contributed by atoms with Crippen molar-refractivity contribution < 1.29 is 23.8 Å². The molecular weight excluding hydrogens is 399 g/mol.